The van der Waals surface area contributed by atoms with Gasteiger partial charge in [-0.2, -0.15) is 0 Å². The van der Waals surface area contributed by atoms with Crippen molar-refractivity contribution in [1.82, 2.24) is 0 Å². The Morgan fingerprint density at radius 2 is 1.02 bits per heavy atom. The minimum atomic E-state index is -0.437. The highest BCUT2D eigenvalue weighted by Gasteiger charge is 2.21. The molecule has 0 aliphatic carbocycles. The van der Waals surface area contributed by atoms with Crippen molar-refractivity contribution in [3.05, 3.63) is 170 Å². The van der Waals surface area contributed by atoms with Crippen molar-refractivity contribution in [2.75, 3.05) is 0 Å². The Hall–Kier alpha value is -6.18. The van der Waals surface area contributed by atoms with Crippen molar-refractivity contribution in [2.45, 2.75) is 0 Å². The molecule has 0 aliphatic rings. The molecule has 0 bridgehead atoms. The van der Waals surface area contributed by atoms with Crippen LogP contribution in [0.5, 0.6) is 0 Å². The highest BCUT2D eigenvalue weighted by molar-refractivity contribution is 6.27. The van der Waals surface area contributed by atoms with Crippen LogP contribution in [0.2, 0.25) is 0 Å². The van der Waals surface area contributed by atoms with Crippen LogP contribution in [0.4, 0.5) is 0 Å². The molecule has 47 heavy (non-hydrogen) atoms. The molecule has 1 heteroatoms. The molecule has 1 aromatic heterocycles. The summed E-state index contributed by atoms with van der Waals surface area (Å²) in [6.07, 6.45) is 0. The molecule has 0 unspecified atom stereocenters. The molecular weight excluding hydrogens is 569 g/mol. The lowest BCUT2D eigenvalue weighted by atomic mass is 9.84. The number of rotatable bonds is 3. The predicted molar refractivity (Wildman–Crippen MR) is 200 cm³/mol. The van der Waals surface area contributed by atoms with Crippen molar-refractivity contribution >= 4 is 65.0 Å². The molecule has 0 saturated heterocycles. The van der Waals surface area contributed by atoms with Gasteiger partial charge in [0.15, 0.2) is 0 Å². The first kappa shape index (κ1) is 19.4. The van der Waals surface area contributed by atoms with E-state index in [2.05, 4.69) is 24.3 Å². The summed E-state index contributed by atoms with van der Waals surface area (Å²) in [5, 5.41) is 5.85. The van der Waals surface area contributed by atoms with Crippen molar-refractivity contribution in [2.24, 2.45) is 0 Å². The average Bonchev–Trinajstić information content (AvgIpc) is 3.62. The molecule has 1 nitrogen and oxygen atoms in total. The van der Waals surface area contributed by atoms with Gasteiger partial charge >= 0.3 is 0 Å². The zero-order valence-electron chi connectivity index (χ0n) is 33.0. The van der Waals surface area contributed by atoms with Crippen molar-refractivity contribution in [3.63, 3.8) is 0 Å². The van der Waals surface area contributed by atoms with Gasteiger partial charge in [-0.05, 0) is 101 Å². The molecular formula is C46H28O. The maximum absolute atomic E-state index is 9.43. The van der Waals surface area contributed by atoms with Gasteiger partial charge in [0.1, 0.15) is 11.2 Å². The van der Waals surface area contributed by atoms with Crippen LogP contribution in [0, 0.1) is 0 Å². The SMILES string of the molecule is [2H]c1c([2H])c([2H])c2c(-c3cccc4oc5c6ccc(-c7ccccc7)cc6ccc5c34)c3c([2H])c([2H])c([2H])c([2H])c3c(-c3ccc4ccccc4c3)c2c1[2H]. The van der Waals surface area contributed by atoms with Crippen LogP contribution in [0.1, 0.15) is 11.0 Å². The Labute approximate surface area is 283 Å². The van der Waals surface area contributed by atoms with Crippen LogP contribution in [-0.2, 0) is 0 Å². The van der Waals surface area contributed by atoms with E-state index in [1.165, 1.54) is 0 Å². The highest BCUT2D eigenvalue weighted by Crippen LogP contribution is 2.47. The van der Waals surface area contributed by atoms with Crippen molar-refractivity contribution in [3.8, 4) is 33.4 Å². The smallest absolute Gasteiger partial charge is 0.143 e. The molecule has 9 aromatic carbocycles. The second kappa shape index (κ2) is 10.2. The van der Waals surface area contributed by atoms with Gasteiger partial charge in [0, 0.05) is 16.2 Å². The van der Waals surface area contributed by atoms with Gasteiger partial charge in [-0.3, -0.25) is 0 Å². The van der Waals surface area contributed by atoms with Crippen molar-refractivity contribution in [1.29, 1.82) is 0 Å². The van der Waals surface area contributed by atoms with E-state index in [1.54, 1.807) is 0 Å². The largest absolute Gasteiger partial charge is 0.455 e. The fourth-order valence-corrected chi connectivity index (χ4v) is 7.16. The third-order valence-electron chi connectivity index (χ3n) is 9.27. The molecule has 10 rings (SSSR count). The minimum Gasteiger partial charge on any atom is -0.455 e. The summed E-state index contributed by atoms with van der Waals surface area (Å²) < 4.78 is 79.6. The lowest BCUT2D eigenvalue weighted by Gasteiger charge is -2.18. The molecule has 0 amide bonds. The lowest BCUT2D eigenvalue weighted by molar-refractivity contribution is 0.673. The van der Waals surface area contributed by atoms with E-state index in [1.807, 2.05) is 97.1 Å². The Bertz CT molecular complexity index is 3220. The van der Waals surface area contributed by atoms with Gasteiger partial charge < -0.3 is 4.42 Å². The number of benzene rings is 9. The first-order valence-corrected chi connectivity index (χ1v) is 15.5. The standard InChI is InChI=1S/C46H28O/c1-2-11-29(12-3-1)32-23-25-35-33(27-32)24-26-41-45-40(19-10-20-42(45)47-46(35)41)44-38-17-8-6-15-36(38)43(37-16-7-9-18-39(37)44)34-22-21-30-13-4-5-14-31(30)28-34/h1-28H/i6D,7D,8D,9D,15D,16D,17D,18D. The second-order valence-electron chi connectivity index (χ2n) is 11.8. The van der Waals surface area contributed by atoms with Gasteiger partial charge in [-0.25, -0.2) is 0 Å². The fraction of sp³-hybridized carbons (Fsp3) is 0. The molecule has 1 heterocycles. The second-order valence-corrected chi connectivity index (χ2v) is 11.8. The Morgan fingerprint density at radius 3 is 1.79 bits per heavy atom. The average molecular weight is 605 g/mol. The topological polar surface area (TPSA) is 13.1 Å². The molecule has 218 valence electrons. The van der Waals surface area contributed by atoms with E-state index < -0.39 is 24.2 Å². The Kier molecular flexibility index (Phi) is 4.19. The van der Waals surface area contributed by atoms with Gasteiger partial charge in [0.25, 0.3) is 0 Å². The van der Waals surface area contributed by atoms with Gasteiger partial charge in [-0.1, -0.05) is 139 Å². The lowest BCUT2D eigenvalue weighted by Crippen LogP contribution is -1.91. The molecule has 0 aliphatic heterocycles. The summed E-state index contributed by atoms with van der Waals surface area (Å²) in [6.45, 7) is 0. The number of hydrogen-bond acceptors (Lipinski definition) is 1. The molecule has 0 N–H and O–H groups in total. The summed E-state index contributed by atoms with van der Waals surface area (Å²) in [5.41, 5.74) is 5.06. The third kappa shape index (κ3) is 3.97. The molecule has 0 saturated carbocycles. The summed E-state index contributed by atoms with van der Waals surface area (Å²) in [7, 11) is 0. The van der Waals surface area contributed by atoms with Gasteiger partial charge in [0.2, 0.25) is 0 Å². The van der Waals surface area contributed by atoms with E-state index in [-0.39, 0.29) is 45.7 Å². The van der Waals surface area contributed by atoms with E-state index >= 15 is 0 Å². The molecule has 0 radical (unpaired) electrons. The Balaban J connectivity index is 1.39. The molecule has 10 aromatic rings. The van der Waals surface area contributed by atoms with E-state index in [4.69, 9.17) is 9.90 Å². The summed E-state index contributed by atoms with van der Waals surface area (Å²) in [5.74, 6) is 0. The van der Waals surface area contributed by atoms with Crippen LogP contribution in [0.15, 0.2) is 174 Å². The summed E-state index contributed by atoms with van der Waals surface area (Å²) in [6, 6.07) is 36.4. The number of hydrogen-bond donors (Lipinski definition) is 0. The summed E-state index contributed by atoms with van der Waals surface area (Å²) >= 11 is 0. The van der Waals surface area contributed by atoms with Crippen LogP contribution in [0.25, 0.3) is 98.4 Å². The van der Waals surface area contributed by atoms with Crippen LogP contribution >= 0.6 is 0 Å². The number of furan rings is 1. The third-order valence-corrected chi connectivity index (χ3v) is 9.27. The van der Waals surface area contributed by atoms with E-state index in [0.29, 0.717) is 38.8 Å². The monoisotopic (exact) mass is 604 g/mol. The maximum Gasteiger partial charge on any atom is 0.143 e. The normalized spacial score (nSPS) is 14.2. The van der Waals surface area contributed by atoms with Gasteiger partial charge in [0.05, 0.1) is 11.0 Å². The van der Waals surface area contributed by atoms with E-state index in [9.17, 15) is 5.48 Å². The fourth-order valence-electron chi connectivity index (χ4n) is 7.16. The zero-order chi connectivity index (χ0) is 37.9. The van der Waals surface area contributed by atoms with Crippen LogP contribution in [0.3, 0.4) is 0 Å². The minimum absolute atomic E-state index is 0.168. The molecule has 0 spiro atoms. The molecule has 0 fully saturated rings. The van der Waals surface area contributed by atoms with Gasteiger partial charge in [-0.15, -0.1) is 0 Å². The number of fused-ring (bicyclic) bond motifs is 8. The Morgan fingerprint density at radius 1 is 0.404 bits per heavy atom. The maximum atomic E-state index is 9.43. The first-order valence-electron chi connectivity index (χ1n) is 19.5. The van der Waals surface area contributed by atoms with Crippen LogP contribution in [-0.4, -0.2) is 0 Å². The molecule has 0 atom stereocenters. The first-order chi connectivity index (χ1) is 26.6. The van der Waals surface area contributed by atoms with E-state index in [0.717, 1.165) is 38.1 Å². The van der Waals surface area contributed by atoms with Crippen molar-refractivity contribution < 1.29 is 15.4 Å². The van der Waals surface area contributed by atoms with Crippen LogP contribution < -0.4 is 0 Å². The predicted octanol–water partition coefficient (Wildman–Crippen LogP) is 13.2. The summed E-state index contributed by atoms with van der Waals surface area (Å²) in [4.78, 5) is 0. The quantitative estimate of drug-likeness (QED) is 0.183. The highest BCUT2D eigenvalue weighted by atomic mass is 16.3. The zero-order valence-corrected chi connectivity index (χ0v) is 25.0.